The Hall–Kier alpha value is -1.89. The molecule has 0 radical (unpaired) electrons. The third-order valence-electron chi connectivity index (χ3n) is 5.59. The maximum absolute atomic E-state index is 13.0. The standard InChI is InChI=1S/C20H21ClN2O3S/c1-13-7-8-17(11-18(13)21)27(25,26)23-12-15-9-16(23)10-19(15)22-20(24)14-5-3-2-4-6-14/h2-8,11,15-16,19H,9-10,12H2,1H3,(H,22,24)/t15-,16-,19-/m0/s1. The molecule has 2 aliphatic rings. The van der Waals surface area contributed by atoms with E-state index >= 15 is 0 Å². The van der Waals surface area contributed by atoms with Gasteiger partial charge in [-0.25, -0.2) is 8.42 Å². The van der Waals surface area contributed by atoms with Crippen LogP contribution < -0.4 is 5.32 Å². The lowest BCUT2D eigenvalue weighted by atomic mass is 10.0. The van der Waals surface area contributed by atoms with Gasteiger partial charge in [0.25, 0.3) is 5.91 Å². The molecule has 7 heteroatoms. The summed E-state index contributed by atoms with van der Waals surface area (Å²) >= 11 is 6.11. The average Bonchev–Trinajstić information content (AvgIpc) is 3.25. The molecule has 1 heterocycles. The number of halogens is 1. The summed E-state index contributed by atoms with van der Waals surface area (Å²) in [6.45, 7) is 2.27. The Labute approximate surface area is 164 Å². The second-order valence-electron chi connectivity index (χ2n) is 7.32. The van der Waals surface area contributed by atoms with Crippen LogP contribution in [0.5, 0.6) is 0 Å². The maximum Gasteiger partial charge on any atom is 0.251 e. The zero-order valence-corrected chi connectivity index (χ0v) is 16.5. The number of carbonyl (C=O) groups is 1. The Bertz CT molecular complexity index is 978. The van der Waals surface area contributed by atoms with Crippen LogP contribution >= 0.6 is 11.6 Å². The minimum absolute atomic E-state index is 0.00996. The van der Waals surface area contributed by atoms with Crippen molar-refractivity contribution in [3.8, 4) is 0 Å². The van der Waals surface area contributed by atoms with E-state index in [2.05, 4.69) is 5.32 Å². The molecule has 0 unspecified atom stereocenters. The van der Waals surface area contributed by atoms with Crippen LogP contribution in [0.1, 0.15) is 28.8 Å². The molecule has 27 heavy (non-hydrogen) atoms. The highest BCUT2D eigenvalue weighted by atomic mass is 35.5. The van der Waals surface area contributed by atoms with Gasteiger partial charge in [-0.1, -0.05) is 35.9 Å². The Morgan fingerprint density at radius 3 is 2.52 bits per heavy atom. The molecule has 1 aliphatic heterocycles. The van der Waals surface area contributed by atoms with Gasteiger partial charge in [0.15, 0.2) is 0 Å². The lowest BCUT2D eigenvalue weighted by molar-refractivity contribution is 0.0919. The summed E-state index contributed by atoms with van der Waals surface area (Å²) in [7, 11) is -3.58. The van der Waals surface area contributed by atoms with E-state index in [0.29, 0.717) is 23.6 Å². The molecule has 2 fully saturated rings. The molecule has 0 aromatic heterocycles. The number of piperidine rings is 1. The van der Waals surface area contributed by atoms with E-state index < -0.39 is 10.0 Å². The zero-order valence-electron chi connectivity index (χ0n) is 14.9. The van der Waals surface area contributed by atoms with Crippen LogP contribution in [0.4, 0.5) is 0 Å². The van der Waals surface area contributed by atoms with Crippen LogP contribution in [0, 0.1) is 12.8 Å². The van der Waals surface area contributed by atoms with Crippen LogP contribution in [0.3, 0.4) is 0 Å². The number of carbonyl (C=O) groups excluding carboxylic acids is 1. The predicted molar refractivity (Wildman–Crippen MR) is 104 cm³/mol. The quantitative estimate of drug-likeness (QED) is 0.850. The van der Waals surface area contributed by atoms with Crippen LogP contribution in [-0.4, -0.2) is 37.3 Å². The maximum atomic E-state index is 13.0. The fourth-order valence-corrected chi connectivity index (χ4v) is 6.07. The van der Waals surface area contributed by atoms with Gasteiger partial charge >= 0.3 is 0 Å². The molecule has 0 spiro atoms. The third kappa shape index (κ3) is 3.37. The van der Waals surface area contributed by atoms with Gasteiger partial charge in [-0.15, -0.1) is 0 Å². The van der Waals surface area contributed by atoms with Crippen LogP contribution in [0.15, 0.2) is 53.4 Å². The zero-order chi connectivity index (χ0) is 19.2. The fourth-order valence-electron chi connectivity index (χ4n) is 4.09. The lowest BCUT2D eigenvalue weighted by Crippen LogP contribution is -2.47. The molecular formula is C20H21ClN2O3S. The SMILES string of the molecule is Cc1ccc(S(=O)(=O)N2C[C@@H]3C[C@H]2C[C@@H]3NC(=O)c2ccccc2)cc1Cl. The molecule has 1 N–H and O–H groups in total. The van der Waals surface area contributed by atoms with Crippen LogP contribution in [-0.2, 0) is 10.0 Å². The molecular weight excluding hydrogens is 384 g/mol. The van der Waals surface area contributed by atoms with Gasteiger partial charge in [-0.3, -0.25) is 4.79 Å². The van der Waals surface area contributed by atoms with E-state index in [1.54, 1.807) is 28.6 Å². The summed E-state index contributed by atoms with van der Waals surface area (Å²) in [6, 6.07) is 13.9. The molecule has 2 bridgehead atoms. The third-order valence-corrected chi connectivity index (χ3v) is 7.92. The number of rotatable bonds is 4. The van der Waals surface area contributed by atoms with E-state index in [4.69, 9.17) is 11.6 Å². The van der Waals surface area contributed by atoms with Crippen molar-refractivity contribution in [2.45, 2.75) is 36.7 Å². The van der Waals surface area contributed by atoms with Crippen LogP contribution in [0.25, 0.3) is 0 Å². The van der Waals surface area contributed by atoms with Crippen molar-refractivity contribution in [1.82, 2.24) is 9.62 Å². The molecule has 2 aromatic rings. The first-order valence-electron chi connectivity index (χ1n) is 9.00. The first kappa shape index (κ1) is 18.5. The van der Waals surface area contributed by atoms with E-state index in [0.717, 1.165) is 12.0 Å². The van der Waals surface area contributed by atoms with Crippen molar-refractivity contribution < 1.29 is 13.2 Å². The highest BCUT2D eigenvalue weighted by Crippen LogP contribution is 2.41. The second-order valence-corrected chi connectivity index (χ2v) is 9.61. The molecule has 5 nitrogen and oxygen atoms in total. The Morgan fingerprint density at radius 1 is 1.15 bits per heavy atom. The van der Waals surface area contributed by atoms with E-state index in [9.17, 15) is 13.2 Å². The average molecular weight is 405 g/mol. The van der Waals surface area contributed by atoms with Gasteiger partial charge in [-0.2, -0.15) is 4.31 Å². The molecule has 1 saturated heterocycles. The second kappa shape index (κ2) is 6.93. The van der Waals surface area contributed by atoms with E-state index in [1.165, 1.54) is 6.07 Å². The Balaban J connectivity index is 1.47. The van der Waals surface area contributed by atoms with Crippen molar-refractivity contribution in [3.05, 3.63) is 64.7 Å². The van der Waals surface area contributed by atoms with Crippen molar-refractivity contribution in [2.24, 2.45) is 5.92 Å². The van der Waals surface area contributed by atoms with Crippen molar-refractivity contribution >= 4 is 27.5 Å². The van der Waals surface area contributed by atoms with Gasteiger partial charge in [-0.05, 0) is 55.5 Å². The number of hydrogen-bond donors (Lipinski definition) is 1. The molecule has 3 atom stereocenters. The number of nitrogens with one attached hydrogen (secondary N) is 1. The van der Waals surface area contributed by atoms with E-state index in [-0.39, 0.29) is 28.8 Å². The largest absolute Gasteiger partial charge is 0.349 e. The van der Waals surface area contributed by atoms with Gasteiger partial charge < -0.3 is 5.32 Å². The monoisotopic (exact) mass is 404 g/mol. The van der Waals surface area contributed by atoms with Gasteiger partial charge in [0, 0.05) is 29.2 Å². The predicted octanol–water partition coefficient (Wildman–Crippen LogP) is 3.23. The summed E-state index contributed by atoms with van der Waals surface area (Å²) in [5, 5.41) is 3.53. The molecule has 1 aliphatic carbocycles. The van der Waals surface area contributed by atoms with Gasteiger partial charge in [0.2, 0.25) is 10.0 Å². The minimum atomic E-state index is -3.58. The first-order chi connectivity index (χ1) is 12.9. The Morgan fingerprint density at radius 2 is 1.89 bits per heavy atom. The van der Waals surface area contributed by atoms with Crippen LogP contribution in [0.2, 0.25) is 5.02 Å². The molecule has 2 aromatic carbocycles. The highest BCUT2D eigenvalue weighted by Gasteiger charge is 2.49. The highest BCUT2D eigenvalue weighted by molar-refractivity contribution is 7.89. The number of fused-ring (bicyclic) bond motifs is 2. The van der Waals surface area contributed by atoms with Crippen molar-refractivity contribution in [1.29, 1.82) is 0 Å². The molecule has 142 valence electrons. The topological polar surface area (TPSA) is 66.5 Å². The smallest absolute Gasteiger partial charge is 0.251 e. The summed E-state index contributed by atoms with van der Waals surface area (Å²) in [5.74, 6) is 0.0335. The normalized spacial score (nSPS) is 24.9. The fraction of sp³-hybridized carbons (Fsp3) is 0.350. The number of benzene rings is 2. The summed E-state index contributed by atoms with van der Waals surface area (Å²) in [6.07, 6.45) is 1.42. The number of aryl methyl sites for hydroxylation is 1. The lowest BCUT2D eigenvalue weighted by Gasteiger charge is -2.31. The molecule has 4 rings (SSSR count). The summed E-state index contributed by atoms with van der Waals surface area (Å²) < 4.78 is 27.6. The number of nitrogens with zero attached hydrogens (tertiary/aromatic N) is 1. The number of sulfonamides is 1. The van der Waals surface area contributed by atoms with Gasteiger partial charge in [0.1, 0.15) is 0 Å². The van der Waals surface area contributed by atoms with Crippen molar-refractivity contribution in [2.75, 3.05) is 6.54 Å². The Kier molecular flexibility index (Phi) is 4.74. The summed E-state index contributed by atoms with van der Waals surface area (Å²) in [4.78, 5) is 12.6. The summed E-state index contributed by atoms with van der Waals surface area (Å²) in [5.41, 5.74) is 1.47. The van der Waals surface area contributed by atoms with Gasteiger partial charge in [0.05, 0.1) is 4.90 Å². The number of hydrogen-bond acceptors (Lipinski definition) is 3. The molecule has 1 amide bonds. The first-order valence-corrected chi connectivity index (χ1v) is 10.8. The molecule has 1 saturated carbocycles. The number of amides is 1. The minimum Gasteiger partial charge on any atom is -0.349 e. The van der Waals surface area contributed by atoms with Crippen molar-refractivity contribution in [3.63, 3.8) is 0 Å². The van der Waals surface area contributed by atoms with E-state index in [1.807, 2.05) is 25.1 Å².